The number of nitrogens with zero attached hydrogens (tertiary/aromatic N) is 6. The van der Waals surface area contributed by atoms with Crippen molar-refractivity contribution < 1.29 is 0 Å². The highest BCUT2D eigenvalue weighted by Gasteiger charge is 2.02. The molecule has 0 aliphatic heterocycles. The Bertz CT molecular complexity index is 1320. The first-order valence-corrected chi connectivity index (χ1v) is 18.8. The number of hydrogen-bond donors (Lipinski definition) is 0. The summed E-state index contributed by atoms with van der Waals surface area (Å²) in [6, 6.07) is 12.1. The van der Waals surface area contributed by atoms with Crippen molar-refractivity contribution in [3.63, 3.8) is 0 Å². The van der Waals surface area contributed by atoms with Gasteiger partial charge in [-0.2, -0.15) is 0 Å². The molecule has 0 radical (unpaired) electrons. The van der Waals surface area contributed by atoms with E-state index in [2.05, 4.69) is 118 Å². The number of thiazole rings is 2. The van der Waals surface area contributed by atoms with Crippen LogP contribution in [0.1, 0.15) is 150 Å². The average molecular weight is 683 g/mol. The van der Waals surface area contributed by atoms with E-state index in [9.17, 15) is 0 Å². The summed E-state index contributed by atoms with van der Waals surface area (Å²) in [6.45, 7) is 29.6. The fourth-order valence-corrected chi connectivity index (χ4v) is 5.20. The van der Waals surface area contributed by atoms with Crippen molar-refractivity contribution in [2.24, 2.45) is 0 Å². The molecule has 5 rings (SSSR count). The number of aromatic nitrogens is 6. The van der Waals surface area contributed by atoms with Gasteiger partial charge in [0.2, 0.25) is 0 Å². The van der Waals surface area contributed by atoms with Crippen LogP contribution in [0.2, 0.25) is 0 Å². The Labute approximate surface area is 292 Å². The summed E-state index contributed by atoms with van der Waals surface area (Å²) in [7, 11) is 0. The quantitative estimate of drug-likeness (QED) is 0.184. The second-order valence-corrected chi connectivity index (χ2v) is 14.7. The van der Waals surface area contributed by atoms with Gasteiger partial charge in [0.1, 0.15) is 10.5 Å². The van der Waals surface area contributed by atoms with Crippen molar-refractivity contribution in [2.45, 2.75) is 127 Å². The predicted octanol–water partition coefficient (Wildman–Crippen LogP) is 12.2. The summed E-state index contributed by atoms with van der Waals surface area (Å²) >= 11 is 5.11. The second kappa shape index (κ2) is 25.2. The summed E-state index contributed by atoms with van der Waals surface area (Å²) in [5.41, 5.74) is 5.21. The Morgan fingerprint density at radius 2 is 1.17 bits per heavy atom. The predicted molar refractivity (Wildman–Crippen MR) is 204 cm³/mol. The van der Waals surface area contributed by atoms with E-state index in [1.165, 1.54) is 20.6 Å². The molecule has 6 nitrogen and oxygen atoms in total. The van der Waals surface area contributed by atoms with Gasteiger partial charge in [-0.25, -0.2) is 9.97 Å². The van der Waals surface area contributed by atoms with Crippen LogP contribution in [0.15, 0.2) is 65.9 Å². The van der Waals surface area contributed by atoms with E-state index < -0.39 is 0 Å². The van der Waals surface area contributed by atoms with Crippen LogP contribution in [0.3, 0.4) is 0 Å². The Hall–Kier alpha value is -2.88. The van der Waals surface area contributed by atoms with Gasteiger partial charge < -0.3 is 0 Å². The number of aryl methyl sites for hydroxylation is 2. The van der Waals surface area contributed by atoms with Crippen molar-refractivity contribution >= 4 is 34.0 Å². The van der Waals surface area contributed by atoms with E-state index in [1.807, 2.05) is 69.0 Å². The molecule has 0 atom stereocenters. The van der Waals surface area contributed by atoms with Gasteiger partial charge in [0.15, 0.2) is 0 Å². The third-order valence-corrected chi connectivity index (χ3v) is 9.01. The minimum atomic E-state index is 0.530. The van der Waals surface area contributed by atoms with E-state index >= 15 is 0 Å². The zero-order valence-corrected chi connectivity index (χ0v) is 33.1. The van der Waals surface area contributed by atoms with Crippen molar-refractivity contribution in [1.82, 2.24) is 30.1 Å². The standard InChI is InChI=1S/C9H13N.C8H11N.C7H11NS.C6H9NS.C5H8N2S.C2H6/c1-7(2)9-6-4-5-8(3)10-9;1-7(2)8-5-3-4-6-9-8;1-5(2)7-8-4-6(3)9-7;1-5(2)6-7-3-4-8-6;1-4(2)5-7-6-3-8-5;1-2/h4-7H,1-3H3;3-7H,1-2H3;4-5H,1-3H3;3-5H,1-2H3;3-4H,1-2H3;1-2H3. The molecule has 0 N–H and O–H groups in total. The smallest absolute Gasteiger partial charge is 0.119 e. The van der Waals surface area contributed by atoms with Crippen LogP contribution >= 0.6 is 34.0 Å². The number of pyridine rings is 2. The van der Waals surface area contributed by atoms with Crippen LogP contribution in [0.4, 0.5) is 0 Å². The van der Waals surface area contributed by atoms with E-state index in [0.29, 0.717) is 29.6 Å². The van der Waals surface area contributed by atoms with Gasteiger partial charge in [-0.1, -0.05) is 95.2 Å². The van der Waals surface area contributed by atoms with E-state index in [1.54, 1.807) is 39.5 Å². The molecule has 0 saturated heterocycles. The fraction of sp³-hybridized carbons (Fsp3) is 0.514. The molecule has 0 saturated carbocycles. The monoisotopic (exact) mass is 682 g/mol. The van der Waals surface area contributed by atoms with Crippen LogP contribution in [0.5, 0.6) is 0 Å². The van der Waals surface area contributed by atoms with Gasteiger partial charge >= 0.3 is 0 Å². The molecule has 0 aromatic carbocycles. The third-order valence-electron chi connectivity index (χ3n) is 5.73. The lowest BCUT2D eigenvalue weighted by molar-refractivity contribution is 0.815. The van der Waals surface area contributed by atoms with Crippen LogP contribution in [-0.2, 0) is 0 Å². The third kappa shape index (κ3) is 19.6. The highest BCUT2D eigenvalue weighted by Crippen LogP contribution is 2.19. The molecule has 254 valence electrons. The Morgan fingerprint density at radius 3 is 1.46 bits per heavy atom. The summed E-state index contributed by atoms with van der Waals surface area (Å²) in [6.07, 6.45) is 5.61. The zero-order chi connectivity index (χ0) is 35.1. The van der Waals surface area contributed by atoms with Gasteiger partial charge in [0, 0.05) is 63.7 Å². The van der Waals surface area contributed by atoms with E-state index in [4.69, 9.17) is 0 Å². The maximum Gasteiger partial charge on any atom is 0.119 e. The van der Waals surface area contributed by atoms with Crippen LogP contribution < -0.4 is 0 Å². The molecule has 0 amide bonds. The normalized spacial score (nSPS) is 10.1. The lowest BCUT2D eigenvalue weighted by atomic mass is 10.1. The van der Waals surface area contributed by atoms with Crippen LogP contribution in [0.25, 0.3) is 0 Å². The van der Waals surface area contributed by atoms with Crippen LogP contribution in [-0.4, -0.2) is 30.1 Å². The highest BCUT2D eigenvalue weighted by atomic mass is 32.1. The highest BCUT2D eigenvalue weighted by molar-refractivity contribution is 7.11. The van der Waals surface area contributed by atoms with Gasteiger partial charge in [-0.05, 0) is 49.9 Å². The number of hydrogen-bond acceptors (Lipinski definition) is 9. The molecule has 5 aromatic rings. The maximum atomic E-state index is 4.37. The van der Waals surface area contributed by atoms with Crippen molar-refractivity contribution in [3.05, 3.63) is 103 Å². The minimum absolute atomic E-state index is 0.530. The lowest BCUT2D eigenvalue weighted by Crippen LogP contribution is -1.92. The molecule has 0 unspecified atom stereocenters. The molecular formula is C37H58N6S3. The Morgan fingerprint density at radius 1 is 0.565 bits per heavy atom. The summed E-state index contributed by atoms with van der Waals surface area (Å²) in [4.78, 5) is 18.2. The summed E-state index contributed by atoms with van der Waals surface area (Å²) in [5, 5.41) is 13.2. The Kier molecular flexibility index (Phi) is 23.7. The molecule has 9 heteroatoms. The average Bonchev–Trinajstić information content (AvgIpc) is 3.84. The van der Waals surface area contributed by atoms with Gasteiger partial charge in [0.25, 0.3) is 0 Å². The first-order chi connectivity index (χ1) is 21.8. The molecule has 0 spiro atoms. The summed E-state index contributed by atoms with van der Waals surface area (Å²) < 4.78 is 0. The molecule has 0 aliphatic carbocycles. The maximum absolute atomic E-state index is 4.37. The SMILES string of the molecule is CC.CC(C)c1ccccn1.CC(C)c1nccs1.CC(C)c1nncs1.Cc1cccc(C(C)C)n1.Cc1cnc(C(C)C)s1. The van der Waals surface area contributed by atoms with Crippen molar-refractivity contribution in [2.75, 3.05) is 0 Å². The van der Waals surface area contributed by atoms with E-state index in [-0.39, 0.29) is 0 Å². The molecule has 0 bridgehead atoms. The van der Waals surface area contributed by atoms with Crippen molar-refractivity contribution in [3.8, 4) is 0 Å². The topological polar surface area (TPSA) is 77.3 Å². The molecular weight excluding hydrogens is 625 g/mol. The lowest BCUT2D eigenvalue weighted by Gasteiger charge is -2.03. The van der Waals surface area contributed by atoms with Crippen molar-refractivity contribution in [1.29, 1.82) is 0 Å². The fourth-order valence-electron chi connectivity index (χ4n) is 3.20. The zero-order valence-electron chi connectivity index (χ0n) is 30.6. The second-order valence-electron chi connectivity index (χ2n) is 11.7. The molecule has 0 aliphatic rings. The van der Waals surface area contributed by atoms with Crippen LogP contribution in [0, 0.1) is 13.8 Å². The van der Waals surface area contributed by atoms with Gasteiger partial charge in [-0.3, -0.25) is 9.97 Å². The number of rotatable bonds is 5. The molecule has 5 aromatic heterocycles. The van der Waals surface area contributed by atoms with Gasteiger partial charge in [0.05, 0.1) is 10.0 Å². The summed E-state index contributed by atoms with van der Waals surface area (Å²) in [5.74, 6) is 2.80. The first kappa shape index (κ1) is 43.1. The molecule has 0 fully saturated rings. The van der Waals surface area contributed by atoms with Gasteiger partial charge in [-0.15, -0.1) is 44.2 Å². The molecule has 46 heavy (non-hydrogen) atoms. The minimum Gasteiger partial charge on any atom is -0.261 e. The largest absolute Gasteiger partial charge is 0.261 e. The molecule has 5 heterocycles. The van der Waals surface area contributed by atoms with E-state index in [0.717, 1.165) is 16.4 Å². The Balaban J connectivity index is 0.000000544. The first-order valence-electron chi connectivity index (χ1n) is 16.2.